The van der Waals surface area contributed by atoms with Gasteiger partial charge in [-0.25, -0.2) is 4.68 Å². The van der Waals surface area contributed by atoms with E-state index in [9.17, 15) is 13.2 Å². The summed E-state index contributed by atoms with van der Waals surface area (Å²) >= 11 is 6.32. The maximum Gasteiger partial charge on any atom is 0.416 e. The minimum atomic E-state index is -4.49. The summed E-state index contributed by atoms with van der Waals surface area (Å²) in [5, 5.41) is 8.21. The number of hydrogen-bond acceptors (Lipinski definition) is 4. The number of nitrogens with zero attached hydrogens (tertiary/aromatic N) is 2. The first-order valence-corrected chi connectivity index (χ1v) is 10.2. The van der Waals surface area contributed by atoms with Crippen LogP contribution in [-0.4, -0.2) is 30.5 Å². The van der Waals surface area contributed by atoms with Crippen molar-refractivity contribution in [2.75, 3.05) is 26.1 Å². The maximum atomic E-state index is 13.4. The summed E-state index contributed by atoms with van der Waals surface area (Å²) in [6.07, 6.45) is -1.93. The minimum absolute atomic E-state index is 0.162. The lowest BCUT2D eigenvalue weighted by atomic mass is 10.0. The second kappa shape index (κ2) is 8.34. The first kappa shape index (κ1) is 21.4. The molecule has 4 rings (SSSR count). The third-order valence-corrected chi connectivity index (χ3v) is 5.61. The van der Waals surface area contributed by atoms with Gasteiger partial charge < -0.3 is 14.8 Å². The van der Waals surface area contributed by atoms with Crippen molar-refractivity contribution in [2.45, 2.75) is 25.4 Å². The number of halogens is 4. The molecule has 0 saturated carbocycles. The van der Waals surface area contributed by atoms with Gasteiger partial charge in [-0.05, 0) is 55.7 Å². The predicted octanol–water partition coefficient (Wildman–Crippen LogP) is 5.98. The minimum Gasteiger partial charge on any atom is -0.497 e. The Kier molecular flexibility index (Phi) is 5.75. The molecule has 2 aromatic carbocycles. The van der Waals surface area contributed by atoms with Crippen LogP contribution in [0, 0.1) is 0 Å². The second-order valence-corrected chi connectivity index (χ2v) is 7.61. The standard InChI is InChI=1S/C22H21ClF3N3O2/c1-30-14-7-9-19(31-2)16(12-14)20-15-5-3-4-10-27-21(15)29(28-20)18-11-13(22(24,25)26)6-8-17(18)23/h6-9,11-12,27H,3-5,10H2,1-2H3. The fourth-order valence-corrected chi connectivity index (χ4v) is 3.94. The van der Waals surface area contributed by atoms with Gasteiger partial charge in [-0.1, -0.05) is 11.6 Å². The van der Waals surface area contributed by atoms with Gasteiger partial charge in [-0.2, -0.15) is 18.3 Å². The van der Waals surface area contributed by atoms with Crippen LogP contribution in [0.2, 0.25) is 5.02 Å². The lowest BCUT2D eigenvalue weighted by Gasteiger charge is -2.13. The van der Waals surface area contributed by atoms with E-state index in [-0.39, 0.29) is 10.7 Å². The third kappa shape index (κ3) is 4.04. The molecule has 1 aliphatic heterocycles. The van der Waals surface area contributed by atoms with Crippen molar-refractivity contribution in [3.63, 3.8) is 0 Å². The summed E-state index contributed by atoms with van der Waals surface area (Å²) in [4.78, 5) is 0. The second-order valence-electron chi connectivity index (χ2n) is 7.20. The number of rotatable bonds is 4. The van der Waals surface area contributed by atoms with Crippen LogP contribution in [-0.2, 0) is 12.6 Å². The Morgan fingerprint density at radius 2 is 1.87 bits per heavy atom. The molecule has 0 radical (unpaired) electrons. The Labute approximate surface area is 182 Å². The summed E-state index contributed by atoms with van der Waals surface area (Å²) < 4.78 is 52.4. The van der Waals surface area contributed by atoms with Crippen molar-refractivity contribution in [3.05, 3.63) is 52.5 Å². The topological polar surface area (TPSA) is 48.3 Å². The van der Waals surface area contributed by atoms with E-state index in [2.05, 4.69) is 5.32 Å². The molecule has 0 fully saturated rings. The summed E-state index contributed by atoms with van der Waals surface area (Å²) in [6.45, 7) is 0.684. The molecule has 164 valence electrons. The van der Waals surface area contributed by atoms with Crippen molar-refractivity contribution in [2.24, 2.45) is 0 Å². The van der Waals surface area contributed by atoms with Gasteiger partial charge in [0.25, 0.3) is 0 Å². The van der Waals surface area contributed by atoms with Gasteiger partial charge in [0.2, 0.25) is 0 Å². The molecule has 0 saturated heterocycles. The van der Waals surface area contributed by atoms with Crippen LogP contribution in [0.3, 0.4) is 0 Å². The molecule has 2 heterocycles. The number of anilines is 1. The lowest BCUT2D eigenvalue weighted by Crippen LogP contribution is -2.10. The number of alkyl halides is 3. The van der Waals surface area contributed by atoms with E-state index in [1.165, 1.54) is 10.7 Å². The lowest BCUT2D eigenvalue weighted by molar-refractivity contribution is -0.137. The third-order valence-electron chi connectivity index (χ3n) is 5.29. The predicted molar refractivity (Wildman–Crippen MR) is 114 cm³/mol. The molecule has 1 N–H and O–H groups in total. The van der Waals surface area contributed by atoms with Gasteiger partial charge >= 0.3 is 6.18 Å². The van der Waals surface area contributed by atoms with Crippen LogP contribution in [0.25, 0.3) is 16.9 Å². The van der Waals surface area contributed by atoms with E-state index >= 15 is 0 Å². The summed E-state index contributed by atoms with van der Waals surface area (Å²) in [6, 6.07) is 8.60. The maximum absolute atomic E-state index is 13.4. The highest BCUT2D eigenvalue weighted by Crippen LogP contribution is 2.41. The molecule has 0 unspecified atom stereocenters. The smallest absolute Gasteiger partial charge is 0.416 e. The Morgan fingerprint density at radius 3 is 2.58 bits per heavy atom. The van der Waals surface area contributed by atoms with Gasteiger partial charge in [0, 0.05) is 17.7 Å². The Morgan fingerprint density at radius 1 is 1.06 bits per heavy atom. The fourth-order valence-electron chi connectivity index (χ4n) is 3.74. The van der Waals surface area contributed by atoms with Gasteiger partial charge in [0.1, 0.15) is 23.0 Å². The molecule has 3 aromatic rings. The summed E-state index contributed by atoms with van der Waals surface area (Å²) in [5.41, 5.74) is 1.59. The zero-order valence-electron chi connectivity index (χ0n) is 17.0. The first-order valence-electron chi connectivity index (χ1n) is 9.78. The molecular formula is C22H21ClF3N3O2. The molecule has 0 bridgehead atoms. The van der Waals surface area contributed by atoms with E-state index in [0.29, 0.717) is 41.5 Å². The summed E-state index contributed by atoms with van der Waals surface area (Å²) in [7, 11) is 3.12. The Hall–Kier alpha value is -2.87. The average molecular weight is 452 g/mol. The number of benzene rings is 2. The number of nitrogens with one attached hydrogen (secondary N) is 1. The highest BCUT2D eigenvalue weighted by molar-refractivity contribution is 6.32. The fraction of sp³-hybridized carbons (Fsp3) is 0.318. The number of ether oxygens (including phenoxy) is 2. The highest BCUT2D eigenvalue weighted by Gasteiger charge is 2.32. The van der Waals surface area contributed by atoms with Gasteiger partial charge in [0.05, 0.1) is 30.5 Å². The van der Waals surface area contributed by atoms with Crippen LogP contribution in [0.4, 0.5) is 19.0 Å². The normalized spacial score (nSPS) is 13.9. The van der Waals surface area contributed by atoms with Crippen LogP contribution in [0.5, 0.6) is 11.5 Å². The van der Waals surface area contributed by atoms with Gasteiger partial charge in [-0.3, -0.25) is 0 Å². The van der Waals surface area contributed by atoms with E-state index in [4.69, 9.17) is 26.2 Å². The molecule has 1 aromatic heterocycles. The van der Waals surface area contributed by atoms with E-state index in [1.54, 1.807) is 26.4 Å². The number of aromatic nitrogens is 2. The van der Waals surface area contributed by atoms with E-state index < -0.39 is 11.7 Å². The van der Waals surface area contributed by atoms with Crippen molar-refractivity contribution >= 4 is 17.4 Å². The monoisotopic (exact) mass is 451 g/mol. The SMILES string of the molecule is COc1ccc(OC)c(-c2nn(-c3cc(C(F)(F)F)ccc3Cl)c3c2CCCCN3)c1. The Balaban J connectivity index is 1.97. The number of fused-ring (bicyclic) bond motifs is 1. The zero-order valence-corrected chi connectivity index (χ0v) is 17.8. The average Bonchev–Trinajstić information content (AvgIpc) is 2.93. The zero-order chi connectivity index (χ0) is 22.2. The molecule has 31 heavy (non-hydrogen) atoms. The largest absolute Gasteiger partial charge is 0.497 e. The molecule has 5 nitrogen and oxygen atoms in total. The Bertz CT molecular complexity index is 1110. The molecule has 0 aliphatic carbocycles. The first-order chi connectivity index (χ1) is 14.8. The molecule has 1 aliphatic rings. The van der Waals surface area contributed by atoms with Crippen LogP contribution in [0.1, 0.15) is 24.0 Å². The molecule has 0 atom stereocenters. The van der Waals surface area contributed by atoms with Gasteiger partial charge in [0.15, 0.2) is 0 Å². The molecule has 9 heteroatoms. The van der Waals surface area contributed by atoms with Crippen LogP contribution < -0.4 is 14.8 Å². The summed E-state index contributed by atoms with van der Waals surface area (Å²) in [5.74, 6) is 1.85. The molecule has 0 spiro atoms. The van der Waals surface area contributed by atoms with Crippen molar-refractivity contribution in [1.82, 2.24) is 9.78 Å². The number of methoxy groups -OCH3 is 2. The van der Waals surface area contributed by atoms with Crippen molar-refractivity contribution in [3.8, 4) is 28.4 Å². The molecular weight excluding hydrogens is 431 g/mol. The van der Waals surface area contributed by atoms with Crippen LogP contribution in [0.15, 0.2) is 36.4 Å². The van der Waals surface area contributed by atoms with E-state index in [0.717, 1.165) is 30.5 Å². The van der Waals surface area contributed by atoms with Crippen LogP contribution >= 0.6 is 11.6 Å². The van der Waals surface area contributed by atoms with Gasteiger partial charge in [-0.15, -0.1) is 0 Å². The highest BCUT2D eigenvalue weighted by atomic mass is 35.5. The quantitative estimate of drug-likeness (QED) is 0.530. The van der Waals surface area contributed by atoms with Crippen molar-refractivity contribution < 1.29 is 22.6 Å². The molecule has 0 amide bonds. The number of hydrogen-bond donors (Lipinski definition) is 1. The van der Waals surface area contributed by atoms with E-state index in [1.807, 2.05) is 6.07 Å². The van der Waals surface area contributed by atoms with Crippen molar-refractivity contribution in [1.29, 1.82) is 0 Å².